The number of rotatable bonds is 7. The van der Waals surface area contributed by atoms with Gasteiger partial charge in [0.25, 0.3) is 0 Å². The van der Waals surface area contributed by atoms with E-state index in [1.165, 1.54) is 0 Å². The minimum atomic E-state index is -0.505. The monoisotopic (exact) mass is 186 g/mol. The predicted molar refractivity (Wildman–Crippen MR) is 54.9 cm³/mol. The number of Topliss-reactive ketones (excluding diaryl/α,β-unsaturated/α-hetero) is 1. The van der Waals surface area contributed by atoms with Gasteiger partial charge in [-0.1, -0.05) is 27.2 Å². The van der Waals surface area contributed by atoms with Crippen molar-refractivity contribution >= 4 is 5.78 Å². The van der Waals surface area contributed by atoms with E-state index in [9.17, 15) is 4.79 Å². The fraction of sp³-hybridized carbons (Fsp3) is 0.909. The summed E-state index contributed by atoms with van der Waals surface area (Å²) in [5.74, 6) is 0.266. The Kier molecular flexibility index (Phi) is 5.97. The molecule has 0 heterocycles. The average molecular weight is 186 g/mol. The van der Waals surface area contributed by atoms with Crippen molar-refractivity contribution in [2.24, 2.45) is 0 Å². The molecule has 2 heteroatoms. The number of unbranched alkanes of at least 4 members (excludes halogenated alkanes) is 1. The van der Waals surface area contributed by atoms with E-state index in [0.717, 1.165) is 25.7 Å². The van der Waals surface area contributed by atoms with Crippen molar-refractivity contribution < 1.29 is 9.53 Å². The number of hydrogen-bond acceptors (Lipinski definition) is 2. The Hall–Kier alpha value is -0.370. The summed E-state index contributed by atoms with van der Waals surface area (Å²) in [5, 5.41) is 0. The van der Waals surface area contributed by atoms with Crippen LogP contribution in [-0.2, 0) is 9.53 Å². The molecule has 0 spiro atoms. The molecule has 0 N–H and O–H groups in total. The van der Waals surface area contributed by atoms with E-state index in [2.05, 4.69) is 6.92 Å². The summed E-state index contributed by atoms with van der Waals surface area (Å²) in [6.07, 6.45) is 4.26. The molecule has 2 nitrogen and oxygen atoms in total. The van der Waals surface area contributed by atoms with Gasteiger partial charge in [-0.15, -0.1) is 0 Å². The van der Waals surface area contributed by atoms with Crippen molar-refractivity contribution in [1.29, 1.82) is 0 Å². The fourth-order valence-electron chi connectivity index (χ4n) is 1.61. The molecule has 0 fully saturated rings. The topological polar surface area (TPSA) is 26.3 Å². The molecule has 0 rings (SSSR count). The Morgan fingerprint density at radius 1 is 1.23 bits per heavy atom. The van der Waals surface area contributed by atoms with E-state index >= 15 is 0 Å². The van der Waals surface area contributed by atoms with Crippen LogP contribution in [0.1, 0.15) is 52.9 Å². The molecular weight excluding hydrogens is 164 g/mol. The molecule has 0 unspecified atom stereocenters. The summed E-state index contributed by atoms with van der Waals surface area (Å²) in [4.78, 5) is 11.8. The summed E-state index contributed by atoms with van der Waals surface area (Å²) in [6.45, 7) is 6.12. The van der Waals surface area contributed by atoms with Crippen LogP contribution in [0.3, 0.4) is 0 Å². The highest BCUT2D eigenvalue weighted by molar-refractivity contribution is 5.87. The standard InChI is InChI=1S/C11H22O2/c1-5-8-9-10(12)11(6-2,7-3)13-4/h5-9H2,1-4H3. The lowest BCUT2D eigenvalue weighted by molar-refractivity contribution is -0.142. The van der Waals surface area contributed by atoms with E-state index in [-0.39, 0.29) is 5.78 Å². The van der Waals surface area contributed by atoms with Crippen LogP contribution >= 0.6 is 0 Å². The SMILES string of the molecule is CCCCC(=O)C(CC)(CC)OC. The molecule has 0 aliphatic carbocycles. The van der Waals surface area contributed by atoms with Crippen molar-refractivity contribution in [3.63, 3.8) is 0 Å². The number of carbonyl (C=O) groups is 1. The van der Waals surface area contributed by atoms with Crippen LogP contribution in [0.5, 0.6) is 0 Å². The highest BCUT2D eigenvalue weighted by Crippen LogP contribution is 2.23. The summed E-state index contributed by atoms with van der Waals surface area (Å²) in [5.41, 5.74) is -0.505. The van der Waals surface area contributed by atoms with Gasteiger partial charge < -0.3 is 4.74 Å². The van der Waals surface area contributed by atoms with Gasteiger partial charge in [-0.3, -0.25) is 4.79 Å². The van der Waals surface area contributed by atoms with Crippen molar-refractivity contribution in [3.05, 3.63) is 0 Å². The lowest BCUT2D eigenvalue weighted by atomic mass is 9.89. The number of hydrogen-bond donors (Lipinski definition) is 0. The first kappa shape index (κ1) is 12.6. The number of ketones is 1. The molecule has 0 aromatic heterocycles. The van der Waals surface area contributed by atoms with E-state index in [4.69, 9.17) is 4.74 Å². The van der Waals surface area contributed by atoms with Crippen molar-refractivity contribution in [3.8, 4) is 0 Å². The van der Waals surface area contributed by atoms with Crippen LogP contribution in [-0.4, -0.2) is 18.5 Å². The smallest absolute Gasteiger partial charge is 0.164 e. The van der Waals surface area contributed by atoms with Gasteiger partial charge in [-0.2, -0.15) is 0 Å². The van der Waals surface area contributed by atoms with Crippen LogP contribution in [0, 0.1) is 0 Å². The average Bonchev–Trinajstić information content (AvgIpc) is 2.18. The Balaban J connectivity index is 4.26. The molecule has 0 amide bonds. The molecule has 0 atom stereocenters. The van der Waals surface area contributed by atoms with Gasteiger partial charge in [0.05, 0.1) is 0 Å². The van der Waals surface area contributed by atoms with Crippen molar-refractivity contribution in [1.82, 2.24) is 0 Å². The summed E-state index contributed by atoms with van der Waals surface area (Å²) >= 11 is 0. The minimum Gasteiger partial charge on any atom is -0.370 e. The lowest BCUT2D eigenvalue weighted by Crippen LogP contribution is -2.39. The van der Waals surface area contributed by atoms with Crippen molar-refractivity contribution in [2.75, 3.05) is 7.11 Å². The first-order chi connectivity index (χ1) is 6.16. The van der Waals surface area contributed by atoms with E-state index in [1.54, 1.807) is 7.11 Å². The van der Waals surface area contributed by atoms with E-state index in [1.807, 2.05) is 13.8 Å². The quantitative estimate of drug-likeness (QED) is 0.611. The van der Waals surface area contributed by atoms with E-state index in [0.29, 0.717) is 6.42 Å². The van der Waals surface area contributed by atoms with Gasteiger partial charge >= 0.3 is 0 Å². The second kappa shape index (κ2) is 6.14. The van der Waals surface area contributed by atoms with Gasteiger partial charge in [0, 0.05) is 13.5 Å². The third kappa shape index (κ3) is 3.11. The van der Waals surface area contributed by atoms with Crippen LogP contribution < -0.4 is 0 Å². The van der Waals surface area contributed by atoms with Crippen LogP contribution in [0.25, 0.3) is 0 Å². The Morgan fingerprint density at radius 3 is 2.08 bits per heavy atom. The molecule has 0 aromatic carbocycles. The highest BCUT2D eigenvalue weighted by Gasteiger charge is 2.33. The van der Waals surface area contributed by atoms with Crippen LogP contribution in [0.2, 0.25) is 0 Å². The zero-order chi connectivity index (χ0) is 10.3. The van der Waals surface area contributed by atoms with E-state index < -0.39 is 5.60 Å². The Bertz CT molecular complexity index is 140. The third-order valence-electron chi connectivity index (χ3n) is 2.80. The molecule has 0 saturated carbocycles. The zero-order valence-corrected chi connectivity index (χ0v) is 9.35. The zero-order valence-electron chi connectivity index (χ0n) is 9.35. The second-order valence-corrected chi connectivity index (χ2v) is 3.43. The van der Waals surface area contributed by atoms with Gasteiger partial charge in [-0.05, 0) is 19.3 Å². The van der Waals surface area contributed by atoms with Gasteiger partial charge in [0.2, 0.25) is 0 Å². The molecule has 0 aliphatic rings. The molecule has 0 radical (unpaired) electrons. The Labute approximate surface area is 81.7 Å². The summed E-state index contributed by atoms with van der Waals surface area (Å²) < 4.78 is 5.35. The molecule has 0 saturated heterocycles. The molecular formula is C11H22O2. The first-order valence-electron chi connectivity index (χ1n) is 5.25. The third-order valence-corrected chi connectivity index (χ3v) is 2.80. The number of methoxy groups -OCH3 is 1. The van der Waals surface area contributed by atoms with Gasteiger partial charge in [0.1, 0.15) is 5.60 Å². The Morgan fingerprint density at radius 2 is 1.77 bits per heavy atom. The lowest BCUT2D eigenvalue weighted by Gasteiger charge is -2.28. The second-order valence-electron chi connectivity index (χ2n) is 3.43. The molecule has 0 bridgehead atoms. The summed E-state index contributed by atoms with van der Waals surface area (Å²) in [7, 11) is 1.64. The highest BCUT2D eigenvalue weighted by atomic mass is 16.5. The van der Waals surface area contributed by atoms with Gasteiger partial charge in [-0.25, -0.2) is 0 Å². The van der Waals surface area contributed by atoms with Crippen molar-refractivity contribution in [2.45, 2.75) is 58.5 Å². The largest absolute Gasteiger partial charge is 0.370 e. The molecule has 78 valence electrons. The molecule has 0 aliphatic heterocycles. The minimum absolute atomic E-state index is 0.266. The predicted octanol–water partition coefficient (Wildman–Crippen LogP) is 2.95. The maximum absolute atomic E-state index is 11.8. The maximum atomic E-state index is 11.8. The number of ether oxygens (including phenoxy) is 1. The molecule has 0 aromatic rings. The first-order valence-corrected chi connectivity index (χ1v) is 5.25. The maximum Gasteiger partial charge on any atom is 0.164 e. The normalized spacial score (nSPS) is 11.7. The summed E-state index contributed by atoms with van der Waals surface area (Å²) in [6, 6.07) is 0. The molecule has 13 heavy (non-hydrogen) atoms. The van der Waals surface area contributed by atoms with Gasteiger partial charge in [0.15, 0.2) is 5.78 Å². The van der Waals surface area contributed by atoms with Crippen LogP contribution in [0.4, 0.5) is 0 Å². The fourth-order valence-corrected chi connectivity index (χ4v) is 1.61. The van der Waals surface area contributed by atoms with Crippen LogP contribution in [0.15, 0.2) is 0 Å². The number of carbonyl (C=O) groups excluding carboxylic acids is 1.